The summed E-state index contributed by atoms with van der Waals surface area (Å²) in [6, 6.07) is 5.44. The number of quaternary nitrogens is 1. The van der Waals surface area contributed by atoms with Crippen LogP contribution in [0.5, 0.6) is 0 Å². The van der Waals surface area contributed by atoms with Gasteiger partial charge in [0.2, 0.25) is 0 Å². The minimum atomic E-state index is -0.374. The Balaban J connectivity index is 1.84. The van der Waals surface area contributed by atoms with Crippen LogP contribution in [0.1, 0.15) is 30.1 Å². The molecule has 1 fully saturated rings. The average molecular weight is 252 g/mol. The molecule has 1 saturated heterocycles. The lowest BCUT2D eigenvalue weighted by Crippen LogP contribution is -3.11. The summed E-state index contributed by atoms with van der Waals surface area (Å²) in [4.78, 5) is 13.3. The summed E-state index contributed by atoms with van der Waals surface area (Å²) >= 11 is 0. The zero-order valence-electron chi connectivity index (χ0n) is 10.6. The van der Waals surface area contributed by atoms with Crippen molar-refractivity contribution in [3.63, 3.8) is 0 Å². The molecule has 0 saturated carbocycles. The number of nitrogens with one attached hydrogen (secondary N) is 1. The van der Waals surface area contributed by atoms with E-state index < -0.39 is 0 Å². The summed E-state index contributed by atoms with van der Waals surface area (Å²) in [5, 5.41) is 0. The number of hydrogen-bond donors (Lipinski definition) is 1. The molecule has 1 heterocycles. The van der Waals surface area contributed by atoms with Gasteiger partial charge in [-0.2, -0.15) is 0 Å². The smallest absolute Gasteiger partial charge is 0.338 e. The maximum absolute atomic E-state index is 12.7. The van der Waals surface area contributed by atoms with Gasteiger partial charge in [-0.1, -0.05) is 0 Å². The van der Waals surface area contributed by atoms with Gasteiger partial charge in [-0.15, -0.1) is 0 Å². The van der Waals surface area contributed by atoms with Gasteiger partial charge in [0.1, 0.15) is 18.5 Å². The number of ether oxygens (including phenoxy) is 1. The fourth-order valence-electron chi connectivity index (χ4n) is 2.36. The van der Waals surface area contributed by atoms with Gasteiger partial charge >= 0.3 is 5.97 Å². The number of halogens is 1. The molecule has 1 aliphatic rings. The van der Waals surface area contributed by atoms with Crippen molar-refractivity contribution in [3.05, 3.63) is 35.6 Å². The predicted molar refractivity (Wildman–Crippen MR) is 66.1 cm³/mol. The van der Waals surface area contributed by atoms with Crippen molar-refractivity contribution in [3.8, 4) is 0 Å². The van der Waals surface area contributed by atoms with E-state index in [1.54, 1.807) is 0 Å². The zero-order chi connectivity index (χ0) is 13.0. The van der Waals surface area contributed by atoms with E-state index in [0.717, 1.165) is 6.54 Å². The van der Waals surface area contributed by atoms with Gasteiger partial charge in [0.15, 0.2) is 0 Å². The van der Waals surface area contributed by atoms with Crippen molar-refractivity contribution in [1.29, 1.82) is 0 Å². The molecule has 98 valence electrons. The number of carbonyl (C=O) groups is 1. The second kappa shape index (κ2) is 5.96. The van der Waals surface area contributed by atoms with E-state index in [0.29, 0.717) is 5.56 Å². The average Bonchev–Trinajstić information content (AvgIpc) is 2.82. The number of hydrogen-bond acceptors (Lipinski definition) is 2. The normalized spacial score (nSPS) is 17.7. The van der Waals surface area contributed by atoms with E-state index in [1.165, 1.54) is 55.1 Å². The van der Waals surface area contributed by atoms with Crippen molar-refractivity contribution in [2.24, 2.45) is 0 Å². The molecule has 0 spiro atoms. The summed E-state index contributed by atoms with van der Waals surface area (Å²) in [5.74, 6) is -0.720. The molecule has 0 aliphatic carbocycles. The van der Waals surface area contributed by atoms with Crippen LogP contribution in [-0.2, 0) is 4.74 Å². The Morgan fingerprint density at radius 3 is 2.56 bits per heavy atom. The number of esters is 1. The molecule has 0 bridgehead atoms. The van der Waals surface area contributed by atoms with Crippen LogP contribution in [0.3, 0.4) is 0 Å². The third kappa shape index (κ3) is 3.53. The molecule has 1 aliphatic heterocycles. The fraction of sp³-hybridized carbons (Fsp3) is 0.500. The van der Waals surface area contributed by atoms with E-state index in [2.05, 4.69) is 0 Å². The summed E-state index contributed by atoms with van der Waals surface area (Å²) < 4.78 is 18.1. The van der Waals surface area contributed by atoms with Gasteiger partial charge in [0.05, 0.1) is 18.7 Å². The molecule has 1 aromatic carbocycles. The Labute approximate surface area is 107 Å². The van der Waals surface area contributed by atoms with Gasteiger partial charge in [0.25, 0.3) is 0 Å². The van der Waals surface area contributed by atoms with E-state index in [-0.39, 0.29) is 17.9 Å². The predicted octanol–water partition coefficient (Wildman–Crippen LogP) is 1.05. The van der Waals surface area contributed by atoms with Gasteiger partial charge in [-0.05, 0) is 31.2 Å². The molecule has 0 amide bonds. The Bertz CT molecular complexity index is 399. The quantitative estimate of drug-likeness (QED) is 0.812. The first-order valence-electron chi connectivity index (χ1n) is 6.45. The molecular weight excluding hydrogens is 233 g/mol. The fourth-order valence-corrected chi connectivity index (χ4v) is 2.36. The van der Waals surface area contributed by atoms with E-state index in [1.807, 2.05) is 6.92 Å². The monoisotopic (exact) mass is 252 g/mol. The first-order valence-corrected chi connectivity index (χ1v) is 6.45. The molecule has 1 atom stereocenters. The largest absolute Gasteiger partial charge is 0.453 e. The highest BCUT2D eigenvalue weighted by Gasteiger charge is 2.20. The molecule has 1 aromatic rings. The van der Waals surface area contributed by atoms with Gasteiger partial charge in [-0.3, -0.25) is 0 Å². The lowest BCUT2D eigenvalue weighted by Gasteiger charge is -2.18. The summed E-state index contributed by atoms with van der Waals surface area (Å²) in [6.45, 7) is 5.09. The zero-order valence-corrected chi connectivity index (χ0v) is 10.6. The Hall–Kier alpha value is -1.42. The molecule has 18 heavy (non-hydrogen) atoms. The Morgan fingerprint density at radius 1 is 1.33 bits per heavy atom. The molecule has 3 nitrogen and oxygen atoms in total. The van der Waals surface area contributed by atoms with Gasteiger partial charge in [-0.25, -0.2) is 9.18 Å². The third-order valence-corrected chi connectivity index (χ3v) is 3.27. The summed E-state index contributed by atoms with van der Waals surface area (Å²) in [6.07, 6.45) is 2.41. The van der Waals surface area contributed by atoms with Crippen molar-refractivity contribution in [1.82, 2.24) is 0 Å². The van der Waals surface area contributed by atoms with Crippen LogP contribution >= 0.6 is 0 Å². The second-order valence-corrected chi connectivity index (χ2v) is 4.88. The molecular formula is C14H19FNO2+. The van der Waals surface area contributed by atoms with Crippen LogP contribution in [0, 0.1) is 5.82 Å². The van der Waals surface area contributed by atoms with E-state index >= 15 is 0 Å². The topological polar surface area (TPSA) is 30.7 Å². The second-order valence-electron chi connectivity index (χ2n) is 4.88. The first-order chi connectivity index (χ1) is 8.65. The summed E-state index contributed by atoms with van der Waals surface area (Å²) in [7, 11) is 0. The number of likely N-dealkylation sites (tertiary alicyclic amines) is 1. The maximum Gasteiger partial charge on any atom is 0.338 e. The van der Waals surface area contributed by atoms with Crippen molar-refractivity contribution < 1.29 is 18.8 Å². The Kier molecular flexibility index (Phi) is 4.31. The van der Waals surface area contributed by atoms with Crippen LogP contribution in [-0.4, -0.2) is 31.7 Å². The highest BCUT2D eigenvalue weighted by Crippen LogP contribution is 2.06. The highest BCUT2D eigenvalue weighted by molar-refractivity contribution is 5.89. The van der Waals surface area contributed by atoms with Crippen molar-refractivity contribution >= 4 is 5.97 Å². The van der Waals surface area contributed by atoms with Crippen LogP contribution in [0.2, 0.25) is 0 Å². The standard InChI is InChI=1S/C14H18FNO2/c1-11(10-16-8-2-3-9-16)18-14(17)12-4-6-13(15)7-5-12/h4-7,11H,2-3,8-10H2,1H3/p+1. The highest BCUT2D eigenvalue weighted by atomic mass is 19.1. The molecule has 0 radical (unpaired) electrons. The third-order valence-electron chi connectivity index (χ3n) is 3.27. The molecule has 0 aromatic heterocycles. The van der Waals surface area contributed by atoms with Gasteiger partial charge in [0, 0.05) is 12.8 Å². The van der Waals surface area contributed by atoms with Crippen LogP contribution in [0.25, 0.3) is 0 Å². The molecule has 1 unspecified atom stereocenters. The van der Waals surface area contributed by atoms with Crippen LogP contribution < -0.4 is 4.90 Å². The first kappa shape index (κ1) is 13.0. The molecule has 4 heteroatoms. The minimum Gasteiger partial charge on any atom is -0.453 e. The molecule has 2 rings (SSSR count). The number of benzene rings is 1. The van der Waals surface area contributed by atoms with E-state index in [9.17, 15) is 9.18 Å². The summed E-state index contributed by atoms with van der Waals surface area (Å²) in [5.41, 5.74) is 0.402. The molecule has 1 N–H and O–H groups in total. The minimum absolute atomic E-state index is 0.101. The number of rotatable bonds is 4. The lowest BCUT2D eigenvalue weighted by atomic mass is 10.2. The van der Waals surface area contributed by atoms with Crippen LogP contribution in [0.15, 0.2) is 24.3 Å². The van der Waals surface area contributed by atoms with Crippen molar-refractivity contribution in [2.75, 3.05) is 19.6 Å². The van der Waals surface area contributed by atoms with E-state index in [4.69, 9.17) is 4.74 Å². The maximum atomic E-state index is 12.7. The number of carbonyl (C=O) groups excluding carboxylic acids is 1. The van der Waals surface area contributed by atoms with Crippen molar-refractivity contribution in [2.45, 2.75) is 25.9 Å². The Morgan fingerprint density at radius 2 is 1.94 bits per heavy atom. The van der Waals surface area contributed by atoms with Gasteiger partial charge < -0.3 is 9.64 Å². The SMILES string of the molecule is CC(C[NH+]1CCCC1)OC(=O)c1ccc(F)cc1. The van der Waals surface area contributed by atoms with Crippen LogP contribution in [0.4, 0.5) is 4.39 Å². The lowest BCUT2D eigenvalue weighted by molar-refractivity contribution is -0.890.